The maximum absolute atomic E-state index is 11.7. The number of rotatable bonds is 8. The van der Waals surface area contributed by atoms with Gasteiger partial charge >= 0.3 is 5.97 Å². The summed E-state index contributed by atoms with van der Waals surface area (Å²) in [6.07, 6.45) is 1.52. The highest BCUT2D eigenvalue weighted by Crippen LogP contribution is 2.16. The smallest absolute Gasteiger partial charge is 0.344 e. The van der Waals surface area contributed by atoms with Gasteiger partial charge in [0.1, 0.15) is 17.3 Å². The molecule has 0 bridgehead atoms. The number of ether oxygens (including phenoxy) is 3. The van der Waals surface area contributed by atoms with E-state index in [1.54, 1.807) is 50.4 Å². The minimum Gasteiger partial charge on any atom is -0.497 e. The van der Waals surface area contributed by atoms with Crippen molar-refractivity contribution in [3.05, 3.63) is 48.4 Å². The van der Waals surface area contributed by atoms with E-state index in [-0.39, 0.29) is 19.3 Å². The van der Waals surface area contributed by atoms with Crippen LogP contribution < -0.4 is 14.8 Å². The lowest BCUT2D eigenvalue weighted by Crippen LogP contribution is -2.31. The first kappa shape index (κ1) is 17.4. The molecular weight excluding hydrogens is 314 g/mol. The predicted octanol–water partition coefficient (Wildman–Crippen LogP) is 2.09. The number of nitrogens with one attached hydrogen (secondary N) is 1. The van der Waals surface area contributed by atoms with Crippen LogP contribution in [-0.4, -0.2) is 32.2 Å². The van der Waals surface area contributed by atoms with Crippen molar-refractivity contribution in [1.82, 2.24) is 5.32 Å². The molecule has 2 rings (SSSR count). The Bertz CT molecular complexity index is 650. The van der Waals surface area contributed by atoms with Crippen LogP contribution in [0.4, 0.5) is 0 Å². The summed E-state index contributed by atoms with van der Waals surface area (Å²) in [5.41, 5.74) is 0. The van der Waals surface area contributed by atoms with Gasteiger partial charge in [0.15, 0.2) is 13.2 Å². The normalized spacial score (nSPS) is 11.4. The van der Waals surface area contributed by atoms with Gasteiger partial charge in [-0.05, 0) is 43.3 Å². The number of hydrogen-bond donors (Lipinski definition) is 1. The molecule has 7 nitrogen and oxygen atoms in total. The minimum absolute atomic E-state index is 0.284. The zero-order chi connectivity index (χ0) is 17.4. The summed E-state index contributed by atoms with van der Waals surface area (Å²) in [4.78, 5) is 23.3. The summed E-state index contributed by atoms with van der Waals surface area (Å²) in [6, 6.07) is 9.94. The van der Waals surface area contributed by atoms with Crippen LogP contribution >= 0.6 is 0 Å². The van der Waals surface area contributed by atoms with Crippen LogP contribution in [-0.2, 0) is 14.3 Å². The summed E-state index contributed by atoms with van der Waals surface area (Å²) in [7, 11) is 1.56. The molecule has 0 saturated carbocycles. The molecule has 0 aliphatic rings. The zero-order valence-corrected chi connectivity index (χ0v) is 13.5. The highest BCUT2D eigenvalue weighted by Gasteiger charge is 2.13. The van der Waals surface area contributed by atoms with Crippen LogP contribution in [0.2, 0.25) is 0 Å². The Morgan fingerprint density at radius 2 is 1.83 bits per heavy atom. The molecular formula is C17H19NO6. The van der Waals surface area contributed by atoms with E-state index in [1.165, 1.54) is 6.26 Å². The van der Waals surface area contributed by atoms with Crippen LogP contribution in [0.15, 0.2) is 47.1 Å². The van der Waals surface area contributed by atoms with Crippen molar-refractivity contribution in [2.75, 3.05) is 20.3 Å². The molecule has 2 aromatic rings. The number of esters is 1. The average molecular weight is 333 g/mol. The highest BCUT2D eigenvalue weighted by atomic mass is 16.6. The summed E-state index contributed by atoms with van der Waals surface area (Å²) < 4.78 is 20.3. The van der Waals surface area contributed by atoms with E-state index < -0.39 is 11.9 Å². The molecule has 1 aromatic carbocycles. The fraction of sp³-hybridized carbons (Fsp3) is 0.294. The lowest BCUT2D eigenvalue weighted by Gasteiger charge is -2.12. The lowest BCUT2D eigenvalue weighted by molar-refractivity contribution is -0.150. The summed E-state index contributed by atoms with van der Waals surface area (Å²) in [5.74, 6) is 0.761. The fourth-order valence-corrected chi connectivity index (χ4v) is 1.89. The van der Waals surface area contributed by atoms with Crippen molar-refractivity contribution in [2.24, 2.45) is 0 Å². The molecule has 1 aromatic heterocycles. The summed E-state index contributed by atoms with van der Waals surface area (Å²) in [6.45, 7) is 1.11. The largest absolute Gasteiger partial charge is 0.497 e. The van der Waals surface area contributed by atoms with Gasteiger partial charge in [-0.3, -0.25) is 4.79 Å². The van der Waals surface area contributed by atoms with Crippen molar-refractivity contribution < 1.29 is 28.2 Å². The van der Waals surface area contributed by atoms with E-state index in [2.05, 4.69) is 5.32 Å². The predicted molar refractivity (Wildman–Crippen MR) is 84.7 cm³/mol. The molecule has 0 saturated heterocycles. The van der Waals surface area contributed by atoms with Crippen molar-refractivity contribution in [2.45, 2.75) is 13.0 Å². The Hall–Kier alpha value is -2.96. The first-order chi connectivity index (χ1) is 11.6. The van der Waals surface area contributed by atoms with E-state index in [0.29, 0.717) is 17.3 Å². The molecule has 7 heteroatoms. The molecule has 1 N–H and O–H groups in total. The van der Waals surface area contributed by atoms with E-state index in [1.807, 2.05) is 0 Å². The number of furan rings is 1. The van der Waals surface area contributed by atoms with E-state index in [9.17, 15) is 9.59 Å². The highest BCUT2D eigenvalue weighted by molar-refractivity contribution is 5.81. The number of methoxy groups -OCH3 is 1. The van der Waals surface area contributed by atoms with E-state index >= 15 is 0 Å². The second-order valence-electron chi connectivity index (χ2n) is 4.93. The zero-order valence-electron chi connectivity index (χ0n) is 13.5. The number of carbonyl (C=O) groups is 2. The molecule has 0 fully saturated rings. The standard InChI is InChI=1S/C17H19NO6/c1-12(15-4-3-9-22-15)18-16(19)10-24-17(20)11-23-14-7-5-13(21-2)6-8-14/h3-9,12H,10-11H2,1-2H3,(H,18,19)/t12-/m1/s1. The second-order valence-corrected chi connectivity index (χ2v) is 4.93. The molecule has 0 spiro atoms. The van der Waals surface area contributed by atoms with Gasteiger partial charge in [0, 0.05) is 0 Å². The molecule has 0 unspecified atom stereocenters. The van der Waals surface area contributed by atoms with Gasteiger partial charge in [0.2, 0.25) is 0 Å². The van der Waals surface area contributed by atoms with Crippen LogP contribution in [0.3, 0.4) is 0 Å². The Balaban J connectivity index is 1.67. The Labute approximate surface area is 139 Å². The average Bonchev–Trinajstić information content (AvgIpc) is 3.13. The van der Waals surface area contributed by atoms with Gasteiger partial charge < -0.3 is 23.9 Å². The summed E-state index contributed by atoms with van der Waals surface area (Å²) in [5, 5.41) is 2.66. The number of amides is 1. The molecule has 0 radical (unpaired) electrons. The molecule has 0 aliphatic heterocycles. The number of benzene rings is 1. The van der Waals surface area contributed by atoms with Crippen LogP contribution in [0.25, 0.3) is 0 Å². The monoisotopic (exact) mass is 333 g/mol. The third-order valence-corrected chi connectivity index (χ3v) is 3.13. The Morgan fingerprint density at radius 3 is 2.46 bits per heavy atom. The molecule has 1 atom stereocenters. The maximum Gasteiger partial charge on any atom is 0.344 e. The summed E-state index contributed by atoms with van der Waals surface area (Å²) >= 11 is 0. The van der Waals surface area contributed by atoms with E-state index in [4.69, 9.17) is 18.6 Å². The SMILES string of the molecule is COc1ccc(OCC(=O)OCC(=O)N[C@H](C)c2ccco2)cc1. The third-order valence-electron chi connectivity index (χ3n) is 3.13. The van der Waals surface area contributed by atoms with Crippen LogP contribution in [0, 0.1) is 0 Å². The van der Waals surface area contributed by atoms with Crippen molar-refractivity contribution >= 4 is 11.9 Å². The first-order valence-corrected chi connectivity index (χ1v) is 7.33. The quantitative estimate of drug-likeness (QED) is 0.744. The van der Waals surface area contributed by atoms with Gasteiger partial charge in [0.25, 0.3) is 5.91 Å². The molecule has 1 amide bonds. The van der Waals surface area contributed by atoms with Gasteiger partial charge in [0.05, 0.1) is 19.4 Å². The topological polar surface area (TPSA) is 87.0 Å². The van der Waals surface area contributed by atoms with Gasteiger partial charge in [-0.25, -0.2) is 4.79 Å². The second kappa shape index (κ2) is 8.61. The Kier molecular flexibility index (Phi) is 6.24. The molecule has 0 aliphatic carbocycles. The van der Waals surface area contributed by atoms with Gasteiger partial charge in [-0.2, -0.15) is 0 Å². The van der Waals surface area contributed by atoms with Gasteiger partial charge in [-0.1, -0.05) is 0 Å². The van der Waals surface area contributed by atoms with Gasteiger partial charge in [-0.15, -0.1) is 0 Å². The third kappa shape index (κ3) is 5.35. The van der Waals surface area contributed by atoms with Crippen LogP contribution in [0.5, 0.6) is 11.5 Å². The molecule has 24 heavy (non-hydrogen) atoms. The number of carbonyl (C=O) groups excluding carboxylic acids is 2. The van der Waals surface area contributed by atoms with Crippen molar-refractivity contribution in [1.29, 1.82) is 0 Å². The molecule has 128 valence electrons. The van der Waals surface area contributed by atoms with Crippen molar-refractivity contribution in [3.63, 3.8) is 0 Å². The first-order valence-electron chi connectivity index (χ1n) is 7.33. The van der Waals surface area contributed by atoms with Crippen molar-refractivity contribution in [3.8, 4) is 11.5 Å². The minimum atomic E-state index is -0.633. The lowest BCUT2D eigenvalue weighted by atomic mass is 10.2. The Morgan fingerprint density at radius 1 is 1.12 bits per heavy atom. The number of hydrogen-bond acceptors (Lipinski definition) is 6. The fourth-order valence-electron chi connectivity index (χ4n) is 1.89. The van der Waals surface area contributed by atoms with Crippen LogP contribution in [0.1, 0.15) is 18.7 Å². The van der Waals surface area contributed by atoms with E-state index in [0.717, 1.165) is 0 Å². The molecule has 1 heterocycles. The maximum atomic E-state index is 11.7.